The van der Waals surface area contributed by atoms with Crippen LogP contribution in [-0.2, 0) is 0 Å². The number of benzene rings is 1. The Kier molecular flexibility index (Phi) is 5.49. The van der Waals surface area contributed by atoms with E-state index in [9.17, 15) is 10.2 Å². The maximum Gasteiger partial charge on any atom is 0.230 e. The van der Waals surface area contributed by atoms with Gasteiger partial charge in [0.1, 0.15) is 11.6 Å². The smallest absolute Gasteiger partial charge is 0.230 e. The molecule has 8 nitrogen and oxygen atoms in total. The number of hydrogen-bond acceptors (Lipinski definition) is 8. The van der Waals surface area contributed by atoms with Gasteiger partial charge in [-0.1, -0.05) is 23.5 Å². The van der Waals surface area contributed by atoms with Crippen molar-refractivity contribution in [3.05, 3.63) is 40.5 Å². The summed E-state index contributed by atoms with van der Waals surface area (Å²) >= 11 is 1.48. The molecule has 1 fully saturated rings. The van der Waals surface area contributed by atoms with Crippen molar-refractivity contribution in [1.29, 1.82) is 0 Å². The van der Waals surface area contributed by atoms with Crippen LogP contribution in [0.4, 0.5) is 0 Å². The minimum absolute atomic E-state index is 0.0870. The molecule has 0 amide bonds. The van der Waals surface area contributed by atoms with Crippen molar-refractivity contribution in [1.82, 2.24) is 24.4 Å². The topological polar surface area (TPSA) is 86.4 Å². The summed E-state index contributed by atoms with van der Waals surface area (Å²) in [6.07, 6.45) is 0. The average Bonchev–Trinajstić information content (AvgIpc) is 3.22. The highest BCUT2D eigenvalue weighted by atomic mass is 32.1. The van der Waals surface area contributed by atoms with Gasteiger partial charge < -0.3 is 14.9 Å². The summed E-state index contributed by atoms with van der Waals surface area (Å²) in [4.78, 5) is 10.6. The van der Waals surface area contributed by atoms with Gasteiger partial charge >= 0.3 is 0 Å². The van der Waals surface area contributed by atoms with E-state index in [1.807, 2.05) is 31.2 Å². The van der Waals surface area contributed by atoms with Crippen molar-refractivity contribution in [3.8, 4) is 11.6 Å². The summed E-state index contributed by atoms with van der Waals surface area (Å²) in [6, 6.07) is 7.90. The van der Waals surface area contributed by atoms with Crippen LogP contribution in [0.5, 0.6) is 11.6 Å². The quantitative estimate of drug-likeness (QED) is 0.645. The second-order valence-electron chi connectivity index (χ2n) is 6.92. The molecular formula is C19H25N5O3S. The number of nitrogens with zero attached hydrogens (tertiary/aromatic N) is 5. The SMILES string of the molecule is COc1ccc([C@H](c2sc3nc(C)nn3c2O)N2CCN(CCO)CC2)cc1. The Morgan fingerprint density at radius 2 is 1.89 bits per heavy atom. The molecule has 0 aliphatic carbocycles. The lowest BCUT2D eigenvalue weighted by atomic mass is 10.0. The average molecular weight is 404 g/mol. The van der Waals surface area contributed by atoms with Crippen LogP contribution >= 0.6 is 11.3 Å². The number of β-amino-alcohol motifs (C(OH)–C–C–N with tert-alkyl or cyclic N) is 1. The summed E-state index contributed by atoms with van der Waals surface area (Å²) in [7, 11) is 1.65. The molecule has 0 spiro atoms. The molecular weight excluding hydrogens is 378 g/mol. The first-order valence-electron chi connectivity index (χ1n) is 9.37. The maximum atomic E-state index is 10.9. The van der Waals surface area contributed by atoms with Gasteiger partial charge in [0.05, 0.1) is 24.6 Å². The second-order valence-corrected chi connectivity index (χ2v) is 7.93. The van der Waals surface area contributed by atoms with Crippen molar-refractivity contribution < 1.29 is 14.9 Å². The van der Waals surface area contributed by atoms with Crippen LogP contribution < -0.4 is 4.74 Å². The number of aryl methyl sites for hydroxylation is 1. The fourth-order valence-electron chi connectivity index (χ4n) is 3.73. The van der Waals surface area contributed by atoms with Crippen LogP contribution in [0.3, 0.4) is 0 Å². The molecule has 4 rings (SSSR count). The molecule has 3 aromatic rings. The molecule has 0 saturated carbocycles. The summed E-state index contributed by atoms with van der Waals surface area (Å²) < 4.78 is 6.82. The van der Waals surface area contributed by atoms with Gasteiger partial charge in [-0.3, -0.25) is 9.80 Å². The van der Waals surface area contributed by atoms with E-state index >= 15 is 0 Å². The van der Waals surface area contributed by atoms with E-state index in [2.05, 4.69) is 19.9 Å². The number of thiazole rings is 1. The monoisotopic (exact) mass is 403 g/mol. The van der Waals surface area contributed by atoms with Gasteiger partial charge in [-0.2, -0.15) is 4.52 Å². The van der Waals surface area contributed by atoms with Gasteiger partial charge in [0, 0.05) is 32.7 Å². The Balaban J connectivity index is 1.70. The highest BCUT2D eigenvalue weighted by Crippen LogP contribution is 2.40. The lowest BCUT2D eigenvalue weighted by molar-refractivity contribution is 0.0945. The molecule has 9 heteroatoms. The van der Waals surface area contributed by atoms with E-state index in [4.69, 9.17) is 4.74 Å². The number of aliphatic hydroxyl groups is 1. The fourth-order valence-corrected chi connectivity index (χ4v) is 4.89. The molecule has 2 N–H and O–H groups in total. The number of aromatic hydroxyl groups is 1. The van der Waals surface area contributed by atoms with Crippen molar-refractivity contribution in [2.45, 2.75) is 13.0 Å². The van der Waals surface area contributed by atoms with Crippen LogP contribution in [-0.4, -0.2) is 81.1 Å². The first-order valence-corrected chi connectivity index (χ1v) is 10.2. The van der Waals surface area contributed by atoms with Gasteiger partial charge in [-0.25, -0.2) is 4.98 Å². The van der Waals surface area contributed by atoms with E-state index in [1.54, 1.807) is 7.11 Å². The van der Waals surface area contributed by atoms with E-state index in [0.717, 1.165) is 42.4 Å². The Morgan fingerprint density at radius 1 is 1.18 bits per heavy atom. The first-order chi connectivity index (χ1) is 13.6. The van der Waals surface area contributed by atoms with Crippen LogP contribution in [0.1, 0.15) is 22.3 Å². The Labute approximate surface area is 167 Å². The van der Waals surface area contributed by atoms with E-state index in [0.29, 0.717) is 17.3 Å². The van der Waals surface area contributed by atoms with Crippen molar-refractivity contribution in [3.63, 3.8) is 0 Å². The number of rotatable bonds is 6. The minimum atomic E-state index is -0.0870. The summed E-state index contributed by atoms with van der Waals surface area (Å²) in [5.74, 6) is 1.60. The second kappa shape index (κ2) is 8.04. The molecule has 2 aromatic heterocycles. The highest BCUT2D eigenvalue weighted by Gasteiger charge is 2.31. The van der Waals surface area contributed by atoms with Crippen molar-refractivity contribution in [2.75, 3.05) is 46.4 Å². The predicted molar refractivity (Wildman–Crippen MR) is 107 cm³/mol. The lowest BCUT2D eigenvalue weighted by Crippen LogP contribution is -2.48. The third-order valence-electron chi connectivity index (χ3n) is 5.17. The molecule has 1 aliphatic heterocycles. The third-order valence-corrected chi connectivity index (χ3v) is 6.25. The molecule has 1 atom stereocenters. The molecule has 0 unspecified atom stereocenters. The van der Waals surface area contributed by atoms with Crippen LogP contribution in [0, 0.1) is 6.92 Å². The highest BCUT2D eigenvalue weighted by molar-refractivity contribution is 7.17. The number of ether oxygens (including phenoxy) is 1. The van der Waals surface area contributed by atoms with Gasteiger partial charge in [0.2, 0.25) is 10.8 Å². The van der Waals surface area contributed by atoms with Gasteiger partial charge in [-0.15, -0.1) is 5.10 Å². The van der Waals surface area contributed by atoms with Gasteiger partial charge in [0.25, 0.3) is 0 Å². The predicted octanol–water partition coefficient (Wildman–Crippen LogP) is 1.51. The number of methoxy groups -OCH3 is 1. The van der Waals surface area contributed by atoms with E-state index in [-0.39, 0.29) is 18.5 Å². The van der Waals surface area contributed by atoms with E-state index < -0.39 is 0 Å². The Morgan fingerprint density at radius 3 is 2.50 bits per heavy atom. The zero-order valence-corrected chi connectivity index (χ0v) is 16.9. The standard InChI is InChI=1S/C19H25N5O3S/c1-13-20-19-24(21-13)18(26)17(28-19)16(14-3-5-15(27-2)6-4-14)23-9-7-22(8-10-23)11-12-25/h3-6,16,25-26H,7-12H2,1-2H3/t16-/m1/s1. The number of fused-ring (bicyclic) bond motifs is 1. The summed E-state index contributed by atoms with van der Waals surface area (Å²) in [5.41, 5.74) is 1.09. The molecule has 3 heterocycles. The minimum Gasteiger partial charge on any atom is -0.497 e. The normalized spacial score (nSPS) is 17.2. The zero-order chi connectivity index (χ0) is 19.7. The molecule has 28 heavy (non-hydrogen) atoms. The fraction of sp³-hybridized carbons (Fsp3) is 0.474. The third kappa shape index (κ3) is 3.58. The van der Waals surface area contributed by atoms with Crippen LogP contribution in [0.15, 0.2) is 24.3 Å². The number of aliphatic hydroxyl groups excluding tert-OH is 1. The summed E-state index contributed by atoms with van der Waals surface area (Å²) in [6.45, 7) is 6.16. The molecule has 1 saturated heterocycles. The first kappa shape index (κ1) is 19.1. The Bertz CT molecular complexity index is 931. The molecule has 0 radical (unpaired) electrons. The van der Waals surface area contributed by atoms with Gasteiger partial charge in [0.15, 0.2) is 0 Å². The van der Waals surface area contributed by atoms with Crippen LogP contribution in [0.25, 0.3) is 4.96 Å². The lowest BCUT2D eigenvalue weighted by Gasteiger charge is -2.39. The van der Waals surface area contributed by atoms with Crippen molar-refractivity contribution in [2.24, 2.45) is 0 Å². The molecule has 1 aliphatic rings. The zero-order valence-electron chi connectivity index (χ0n) is 16.1. The number of piperazine rings is 1. The molecule has 1 aromatic carbocycles. The molecule has 0 bridgehead atoms. The number of aromatic nitrogens is 3. The van der Waals surface area contributed by atoms with Crippen molar-refractivity contribution >= 4 is 16.3 Å². The number of hydrogen-bond donors (Lipinski definition) is 2. The van der Waals surface area contributed by atoms with Gasteiger partial charge in [-0.05, 0) is 24.6 Å². The maximum absolute atomic E-state index is 10.9. The van der Waals surface area contributed by atoms with Crippen LogP contribution in [0.2, 0.25) is 0 Å². The Hall–Kier alpha value is -2.20. The molecule has 150 valence electrons. The summed E-state index contributed by atoms with van der Waals surface area (Å²) in [5, 5.41) is 24.4. The van der Waals surface area contributed by atoms with E-state index in [1.165, 1.54) is 15.9 Å². The largest absolute Gasteiger partial charge is 0.497 e.